The first-order valence-corrected chi connectivity index (χ1v) is 7.02. The van der Waals surface area contributed by atoms with E-state index in [1.54, 1.807) is 0 Å². The summed E-state index contributed by atoms with van der Waals surface area (Å²) in [7, 11) is 1.90. The quantitative estimate of drug-likeness (QED) is 0.865. The molecule has 2 rings (SSSR count). The Morgan fingerprint density at radius 3 is 2.68 bits per heavy atom. The maximum atomic E-state index is 12.0. The second-order valence-electron chi connectivity index (χ2n) is 5.06. The van der Waals surface area contributed by atoms with E-state index in [9.17, 15) is 4.79 Å². The SMILES string of the molecule is CN(C(=O)NCCc1ccccc1)C1CCNCC1. The van der Waals surface area contributed by atoms with Gasteiger partial charge in [-0.1, -0.05) is 30.3 Å². The van der Waals surface area contributed by atoms with Gasteiger partial charge >= 0.3 is 6.03 Å². The van der Waals surface area contributed by atoms with Crippen LogP contribution in [-0.4, -0.2) is 43.7 Å². The van der Waals surface area contributed by atoms with Gasteiger partial charge in [0.2, 0.25) is 0 Å². The summed E-state index contributed by atoms with van der Waals surface area (Å²) in [6, 6.07) is 10.6. The van der Waals surface area contributed by atoms with Crippen LogP contribution in [0.1, 0.15) is 18.4 Å². The molecule has 1 heterocycles. The fourth-order valence-electron chi connectivity index (χ4n) is 2.44. The molecule has 0 bridgehead atoms. The Hall–Kier alpha value is -1.55. The molecule has 0 aliphatic carbocycles. The van der Waals surface area contributed by atoms with Crippen molar-refractivity contribution in [1.82, 2.24) is 15.5 Å². The first kappa shape index (κ1) is 13.9. The minimum Gasteiger partial charge on any atom is -0.338 e. The number of benzene rings is 1. The van der Waals surface area contributed by atoms with Gasteiger partial charge < -0.3 is 15.5 Å². The van der Waals surface area contributed by atoms with Crippen molar-refractivity contribution < 1.29 is 4.79 Å². The van der Waals surface area contributed by atoms with E-state index in [0.717, 1.165) is 32.4 Å². The fourth-order valence-corrected chi connectivity index (χ4v) is 2.44. The molecule has 1 fully saturated rings. The van der Waals surface area contributed by atoms with Gasteiger partial charge in [0.05, 0.1) is 0 Å². The lowest BCUT2D eigenvalue weighted by molar-refractivity contribution is 0.177. The van der Waals surface area contributed by atoms with Crippen molar-refractivity contribution >= 4 is 6.03 Å². The Labute approximate surface area is 115 Å². The molecule has 0 saturated carbocycles. The van der Waals surface area contributed by atoms with Gasteiger partial charge in [-0.2, -0.15) is 0 Å². The zero-order valence-corrected chi connectivity index (χ0v) is 11.6. The number of piperidine rings is 1. The van der Waals surface area contributed by atoms with E-state index in [1.807, 2.05) is 30.1 Å². The molecule has 0 radical (unpaired) electrons. The van der Waals surface area contributed by atoms with E-state index in [1.165, 1.54) is 5.56 Å². The molecule has 0 unspecified atom stereocenters. The summed E-state index contributed by atoms with van der Waals surface area (Å²) in [5.41, 5.74) is 1.26. The van der Waals surface area contributed by atoms with Crippen LogP contribution in [0.2, 0.25) is 0 Å². The monoisotopic (exact) mass is 261 g/mol. The van der Waals surface area contributed by atoms with Crippen LogP contribution < -0.4 is 10.6 Å². The summed E-state index contributed by atoms with van der Waals surface area (Å²) in [5, 5.41) is 6.31. The first-order chi connectivity index (χ1) is 9.27. The zero-order chi connectivity index (χ0) is 13.5. The molecule has 19 heavy (non-hydrogen) atoms. The van der Waals surface area contributed by atoms with E-state index in [4.69, 9.17) is 0 Å². The Morgan fingerprint density at radius 1 is 1.32 bits per heavy atom. The number of nitrogens with one attached hydrogen (secondary N) is 2. The van der Waals surface area contributed by atoms with E-state index in [0.29, 0.717) is 12.6 Å². The molecular formula is C15H23N3O. The van der Waals surface area contributed by atoms with E-state index in [-0.39, 0.29) is 6.03 Å². The van der Waals surface area contributed by atoms with Crippen LogP contribution in [0.25, 0.3) is 0 Å². The van der Waals surface area contributed by atoms with Crippen LogP contribution in [0.15, 0.2) is 30.3 Å². The van der Waals surface area contributed by atoms with Gasteiger partial charge in [-0.05, 0) is 37.9 Å². The van der Waals surface area contributed by atoms with Crippen LogP contribution >= 0.6 is 0 Å². The summed E-state index contributed by atoms with van der Waals surface area (Å²) in [5.74, 6) is 0. The summed E-state index contributed by atoms with van der Waals surface area (Å²) in [4.78, 5) is 13.9. The van der Waals surface area contributed by atoms with Gasteiger partial charge in [-0.15, -0.1) is 0 Å². The largest absolute Gasteiger partial charge is 0.338 e. The third-order valence-electron chi connectivity index (χ3n) is 3.71. The fraction of sp³-hybridized carbons (Fsp3) is 0.533. The number of carbonyl (C=O) groups excluding carboxylic acids is 1. The first-order valence-electron chi connectivity index (χ1n) is 7.02. The average Bonchev–Trinajstić information content (AvgIpc) is 2.48. The molecule has 0 atom stereocenters. The summed E-state index contributed by atoms with van der Waals surface area (Å²) >= 11 is 0. The van der Waals surface area contributed by atoms with Gasteiger partial charge in [-0.25, -0.2) is 4.79 Å². The topological polar surface area (TPSA) is 44.4 Å². The highest BCUT2D eigenvalue weighted by atomic mass is 16.2. The Balaban J connectivity index is 1.71. The standard InChI is InChI=1S/C15H23N3O/c1-18(14-8-10-16-11-9-14)15(19)17-12-7-13-5-3-2-4-6-13/h2-6,14,16H,7-12H2,1H3,(H,17,19). The lowest BCUT2D eigenvalue weighted by Gasteiger charge is -2.31. The third-order valence-corrected chi connectivity index (χ3v) is 3.71. The van der Waals surface area contributed by atoms with Gasteiger partial charge in [0.15, 0.2) is 0 Å². The van der Waals surface area contributed by atoms with Crippen molar-refractivity contribution in [3.05, 3.63) is 35.9 Å². The van der Waals surface area contributed by atoms with Crippen molar-refractivity contribution in [1.29, 1.82) is 0 Å². The van der Waals surface area contributed by atoms with Crippen molar-refractivity contribution in [2.75, 3.05) is 26.7 Å². The smallest absolute Gasteiger partial charge is 0.317 e. The number of amides is 2. The Kier molecular flexibility index (Phi) is 5.21. The molecule has 2 N–H and O–H groups in total. The number of rotatable bonds is 4. The molecule has 4 nitrogen and oxygen atoms in total. The van der Waals surface area contributed by atoms with E-state index in [2.05, 4.69) is 22.8 Å². The molecule has 0 aromatic heterocycles. The second-order valence-corrected chi connectivity index (χ2v) is 5.06. The molecule has 1 aliphatic rings. The highest BCUT2D eigenvalue weighted by molar-refractivity contribution is 5.74. The molecule has 4 heteroatoms. The van der Waals surface area contributed by atoms with Crippen molar-refractivity contribution in [2.45, 2.75) is 25.3 Å². The number of nitrogens with zero attached hydrogens (tertiary/aromatic N) is 1. The highest BCUT2D eigenvalue weighted by Gasteiger charge is 2.21. The number of hydrogen-bond acceptors (Lipinski definition) is 2. The van der Waals surface area contributed by atoms with Crippen LogP contribution in [0, 0.1) is 0 Å². The van der Waals surface area contributed by atoms with Gasteiger partial charge in [0.1, 0.15) is 0 Å². The molecular weight excluding hydrogens is 238 g/mol. The predicted molar refractivity (Wildman–Crippen MR) is 77.2 cm³/mol. The van der Waals surface area contributed by atoms with E-state index < -0.39 is 0 Å². The molecule has 0 spiro atoms. The van der Waals surface area contributed by atoms with Crippen molar-refractivity contribution in [2.24, 2.45) is 0 Å². The van der Waals surface area contributed by atoms with E-state index >= 15 is 0 Å². The Bertz CT molecular complexity index is 388. The number of carbonyl (C=O) groups is 1. The molecule has 1 saturated heterocycles. The number of hydrogen-bond donors (Lipinski definition) is 2. The third kappa shape index (κ3) is 4.24. The van der Waals surface area contributed by atoms with Gasteiger partial charge in [0.25, 0.3) is 0 Å². The number of urea groups is 1. The Morgan fingerprint density at radius 2 is 2.00 bits per heavy atom. The highest BCUT2D eigenvalue weighted by Crippen LogP contribution is 2.09. The molecule has 1 aromatic rings. The van der Waals surface area contributed by atoms with Crippen molar-refractivity contribution in [3.63, 3.8) is 0 Å². The van der Waals surface area contributed by atoms with Crippen LogP contribution in [0.3, 0.4) is 0 Å². The van der Waals surface area contributed by atoms with Crippen LogP contribution in [-0.2, 0) is 6.42 Å². The lowest BCUT2D eigenvalue weighted by atomic mass is 10.1. The van der Waals surface area contributed by atoms with Gasteiger partial charge in [0, 0.05) is 19.6 Å². The molecule has 1 aromatic carbocycles. The average molecular weight is 261 g/mol. The van der Waals surface area contributed by atoms with Gasteiger partial charge in [-0.3, -0.25) is 0 Å². The summed E-state index contributed by atoms with van der Waals surface area (Å²) < 4.78 is 0. The molecule has 104 valence electrons. The minimum absolute atomic E-state index is 0.0443. The maximum absolute atomic E-state index is 12.0. The van der Waals surface area contributed by atoms with Crippen LogP contribution in [0.5, 0.6) is 0 Å². The summed E-state index contributed by atoms with van der Waals surface area (Å²) in [6.45, 7) is 2.71. The summed E-state index contributed by atoms with van der Waals surface area (Å²) in [6.07, 6.45) is 2.97. The zero-order valence-electron chi connectivity index (χ0n) is 11.6. The molecule has 1 aliphatic heterocycles. The molecule has 2 amide bonds. The minimum atomic E-state index is 0.0443. The van der Waals surface area contributed by atoms with Crippen molar-refractivity contribution in [3.8, 4) is 0 Å². The lowest BCUT2D eigenvalue weighted by Crippen LogP contribution is -2.48. The normalized spacial score (nSPS) is 16.1. The second kappa shape index (κ2) is 7.14. The predicted octanol–water partition coefficient (Wildman–Crippen LogP) is 1.62. The van der Waals surface area contributed by atoms with Crippen LogP contribution in [0.4, 0.5) is 4.79 Å². The maximum Gasteiger partial charge on any atom is 0.317 e.